The van der Waals surface area contributed by atoms with Crippen molar-refractivity contribution in [3.05, 3.63) is 82.7 Å². The van der Waals surface area contributed by atoms with Gasteiger partial charge in [0, 0.05) is 28.8 Å². The predicted octanol–water partition coefficient (Wildman–Crippen LogP) is 4.52. The molecule has 0 aliphatic rings. The predicted molar refractivity (Wildman–Crippen MR) is 116 cm³/mol. The van der Waals surface area contributed by atoms with Crippen LogP contribution in [0.3, 0.4) is 0 Å². The van der Waals surface area contributed by atoms with Crippen LogP contribution >= 0.6 is 11.6 Å². The van der Waals surface area contributed by atoms with E-state index < -0.39 is 11.8 Å². The molecule has 1 heterocycles. The summed E-state index contributed by atoms with van der Waals surface area (Å²) in [7, 11) is 1.55. The van der Waals surface area contributed by atoms with Gasteiger partial charge in [-0.15, -0.1) is 0 Å². The van der Waals surface area contributed by atoms with Gasteiger partial charge in [-0.25, -0.2) is 0 Å². The van der Waals surface area contributed by atoms with Gasteiger partial charge in [-0.2, -0.15) is 0 Å². The maximum Gasteiger partial charge on any atom is 0.267 e. The molecule has 0 saturated carbocycles. The molecular weight excluding hydrogens is 404 g/mol. The highest BCUT2D eigenvalue weighted by molar-refractivity contribution is 6.30. The minimum Gasteiger partial charge on any atom is -0.497 e. The summed E-state index contributed by atoms with van der Waals surface area (Å²) >= 11 is 6.03. The summed E-state index contributed by atoms with van der Waals surface area (Å²) in [5, 5.41) is 5.93. The summed E-state index contributed by atoms with van der Waals surface area (Å²) in [6, 6.07) is 17.3. The Hall–Kier alpha value is -3.51. The summed E-state index contributed by atoms with van der Waals surface area (Å²) in [6.07, 6.45) is 1.49. The number of hydrogen-bond acceptors (Lipinski definition) is 4. The first-order valence-corrected chi connectivity index (χ1v) is 9.69. The number of likely N-dealkylation sites (N-methyl/N-ethyl adjacent to an activating group) is 1. The number of carbonyl (C=O) groups excluding carboxylic acids is 2. The smallest absolute Gasteiger partial charge is 0.267 e. The highest BCUT2D eigenvalue weighted by Crippen LogP contribution is 2.25. The first-order valence-electron chi connectivity index (χ1n) is 9.31. The molecule has 1 aromatic heterocycles. The van der Waals surface area contributed by atoms with Crippen molar-refractivity contribution in [3.8, 4) is 17.1 Å². The number of amides is 2. The SMILES string of the molecule is CCNC(=O)C(=Cc1ccc(-c2cccc(Cl)c2)o1)NC(=O)c1ccc(OC)cc1. The van der Waals surface area contributed by atoms with Crippen LogP contribution in [0.1, 0.15) is 23.0 Å². The molecule has 0 unspecified atom stereocenters. The molecular formula is C23H21ClN2O4. The fourth-order valence-electron chi connectivity index (χ4n) is 2.72. The zero-order valence-electron chi connectivity index (χ0n) is 16.6. The van der Waals surface area contributed by atoms with E-state index in [0.717, 1.165) is 5.56 Å². The normalized spacial score (nSPS) is 11.1. The molecule has 0 aliphatic carbocycles. The number of rotatable bonds is 7. The van der Waals surface area contributed by atoms with Crippen LogP contribution in [0.25, 0.3) is 17.4 Å². The molecule has 0 radical (unpaired) electrons. The van der Waals surface area contributed by atoms with Crippen molar-refractivity contribution in [2.24, 2.45) is 0 Å². The third kappa shape index (κ3) is 5.30. The Morgan fingerprint density at radius 2 is 1.87 bits per heavy atom. The topological polar surface area (TPSA) is 80.6 Å². The molecule has 0 fully saturated rings. The second-order valence-corrected chi connectivity index (χ2v) is 6.75. The van der Waals surface area contributed by atoms with Crippen LogP contribution in [0.5, 0.6) is 5.75 Å². The zero-order valence-corrected chi connectivity index (χ0v) is 17.3. The van der Waals surface area contributed by atoms with Crippen molar-refractivity contribution in [2.45, 2.75) is 6.92 Å². The average molecular weight is 425 g/mol. The minimum absolute atomic E-state index is 0.0738. The largest absolute Gasteiger partial charge is 0.497 e. The lowest BCUT2D eigenvalue weighted by atomic mass is 10.2. The average Bonchev–Trinajstić information content (AvgIpc) is 3.22. The van der Waals surface area contributed by atoms with Gasteiger partial charge in [0.05, 0.1) is 7.11 Å². The summed E-state index contributed by atoms with van der Waals surface area (Å²) in [5.41, 5.74) is 1.28. The Bertz CT molecular complexity index is 1070. The van der Waals surface area contributed by atoms with Gasteiger partial charge >= 0.3 is 0 Å². The first kappa shape index (κ1) is 21.2. The van der Waals surface area contributed by atoms with Crippen LogP contribution < -0.4 is 15.4 Å². The van der Waals surface area contributed by atoms with Crippen molar-refractivity contribution >= 4 is 29.5 Å². The van der Waals surface area contributed by atoms with Gasteiger partial charge in [0.1, 0.15) is 23.0 Å². The number of furan rings is 1. The minimum atomic E-state index is -0.420. The molecule has 0 atom stereocenters. The lowest BCUT2D eigenvalue weighted by Crippen LogP contribution is -2.34. The van der Waals surface area contributed by atoms with E-state index in [0.29, 0.717) is 34.4 Å². The van der Waals surface area contributed by atoms with Crippen molar-refractivity contribution in [2.75, 3.05) is 13.7 Å². The molecule has 0 aliphatic heterocycles. The van der Waals surface area contributed by atoms with E-state index in [1.165, 1.54) is 6.08 Å². The Morgan fingerprint density at radius 1 is 1.10 bits per heavy atom. The number of carbonyl (C=O) groups is 2. The molecule has 2 aromatic carbocycles. The Labute approximate surface area is 179 Å². The number of ether oxygens (including phenoxy) is 1. The van der Waals surface area contributed by atoms with Gasteiger partial charge < -0.3 is 19.8 Å². The van der Waals surface area contributed by atoms with E-state index in [4.69, 9.17) is 20.8 Å². The fourth-order valence-corrected chi connectivity index (χ4v) is 2.91. The number of benzene rings is 2. The molecule has 6 nitrogen and oxygen atoms in total. The molecule has 30 heavy (non-hydrogen) atoms. The Morgan fingerprint density at radius 3 is 2.53 bits per heavy atom. The highest BCUT2D eigenvalue weighted by Gasteiger charge is 2.15. The second kappa shape index (κ2) is 9.80. The molecule has 2 amide bonds. The molecule has 3 aromatic rings. The molecule has 154 valence electrons. The van der Waals surface area contributed by atoms with Gasteiger partial charge in [0.2, 0.25) is 0 Å². The van der Waals surface area contributed by atoms with E-state index in [9.17, 15) is 9.59 Å². The maximum absolute atomic E-state index is 12.6. The van der Waals surface area contributed by atoms with E-state index >= 15 is 0 Å². The van der Waals surface area contributed by atoms with Crippen molar-refractivity contribution in [1.82, 2.24) is 10.6 Å². The number of methoxy groups -OCH3 is 1. The van der Waals surface area contributed by atoms with Crippen molar-refractivity contribution in [3.63, 3.8) is 0 Å². The Kier molecular flexibility index (Phi) is 6.93. The summed E-state index contributed by atoms with van der Waals surface area (Å²) in [5.74, 6) is 0.814. The van der Waals surface area contributed by atoms with Gasteiger partial charge in [-0.3, -0.25) is 9.59 Å². The lowest BCUT2D eigenvalue weighted by molar-refractivity contribution is -0.117. The highest BCUT2D eigenvalue weighted by atomic mass is 35.5. The van der Waals surface area contributed by atoms with Gasteiger partial charge in [0.15, 0.2) is 0 Å². The van der Waals surface area contributed by atoms with Crippen molar-refractivity contribution < 1.29 is 18.7 Å². The van der Waals surface area contributed by atoms with E-state index in [1.54, 1.807) is 62.6 Å². The maximum atomic E-state index is 12.6. The lowest BCUT2D eigenvalue weighted by Gasteiger charge is -2.10. The molecule has 0 spiro atoms. The molecule has 3 rings (SSSR count). The summed E-state index contributed by atoms with van der Waals surface area (Å²) in [6.45, 7) is 2.21. The van der Waals surface area contributed by atoms with E-state index in [-0.39, 0.29) is 5.70 Å². The third-order valence-electron chi connectivity index (χ3n) is 4.20. The van der Waals surface area contributed by atoms with Gasteiger partial charge in [-0.1, -0.05) is 23.7 Å². The van der Waals surface area contributed by atoms with Crippen LogP contribution in [0.2, 0.25) is 5.02 Å². The van der Waals surface area contributed by atoms with Crippen LogP contribution in [0.15, 0.2) is 70.8 Å². The zero-order chi connectivity index (χ0) is 21.5. The molecule has 7 heteroatoms. The standard InChI is InChI=1S/C23H21ClN2O4/c1-3-25-23(28)20(26-22(27)15-7-9-18(29-2)10-8-15)14-19-11-12-21(30-19)16-5-4-6-17(24)13-16/h4-14H,3H2,1-2H3,(H,25,28)(H,26,27). The molecule has 0 bridgehead atoms. The van der Waals surface area contributed by atoms with E-state index in [1.807, 2.05) is 12.1 Å². The summed E-state index contributed by atoms with van der Waals surface area (Å²) in [4.78, 5) is 25.1. The van der Waals surface area contributed by atoms with Crippen LogP contribution in [0.4, 0.5) is 0 Å². The monoisotopic (exact) mass is 424 g/mol. The fraction of sp³-hybridized carbons (Fsp3) is 0.130. The molecule has 2 N–H and O–H groups in total. The summed E-state index contributed by atoms with van der Waals surface area (Å²) < 4.78 is 10.9. The third-order valence-corrected chi connectivity index (χ3v) is 4.44. The van der Waals surface area contributed by atoms with Gasteiger partial charge in [0.25, 0.3) is 11.8 Å². The van der Waals surface area contributed by atoms with Crippen LogP contribution in [0, 0.1) is 0 Å². The van der Waals surface area contributed by atoms with E-state index in [2.05, 4.69) is 10.6 Å². The Balaban J connectivity index is 1.85. The van der Waals surface area contributed by atoms with Gasteiger partial charge in [-0.05, 0) is 55.5 Å². The number of hydrogen-bond donors (Lipinski definition) is 2. The quantitative estimate of drug-likeness (QED) is 0.546. The molecule has 0 saturated heterocycles. The second-order valence-electron chi connectivity index (χ2n) is 6.31. The number of nitrogens with one attached hydrogen (secondary N) is 2. The van der Waals surface area contributed by atoms with Crippen LogP contribution in [-0.2, 0) is 4.79 Å². The first-order chi connectivity index (χ1) is 14.5. The van der Waals surface area contributed by atoms with Crippen LogP contribution in [-0.4, -0.2) is 25.5 Å². The van der Waals surface area contributed by atoms with Crippen molar-refractivity contribution in [1.29, 1.82) is 0 Å². The number of halogens is 1.